The van der Waals surface area contributed by atoms with Crippen LogP contribution >= 0.6 is 11.8 Å². The fourth-order valence-electron chi connectivity index (χ4n) is 1.40. The minimum atomic E-state index is -0.842. The summed E-state index contributed by atoms with van der Waals surface area (Å²) in [5.41, 5.74) is -0.842. The van der Waals surface area contributed by atoms with Crippen molar-refractivity contribution in [3.8, 4) is 0 Å². The SMILES string of the molecule is CCC(O)(CC)CNC(=O)C1CSC(=O)N1. The third kappa shape index (κ3) is 3.38. The molecule has 1 fully saturated rings. The van der Waals surface area contributed by atoms with Crippen LogP contribution < -0.4 is 10.6 Å². The molecule has 0 aromatic carbocycles. The highest BCUT2D eigenvalue weighted by atomic mass is 32.2. The molecule has 6 heteroatoms. The maximum Gasteiger partial charge on any atom is 0.279 e. The molecule has 0 bridgehead atoms. The van der Waals surface area contributed by atoms with Crippen molar-refractivity contribution in [1.29, 1.82) is 0 Å². The Kier molecular flexibility index (Phi) is 4.61. The Morgan fingerprint density at radius 3 is 2.69 bits per heavy atom. The number of amides is 2. The summed E-state index contributed by atoms with van der Waals surface area (Å²) in [6, 6.07) is -0.463. The summed E-state index contributed by atoms with van der Waals surface area (Å²) >= 11 is 1.11. The molecule has 1 atom stereocenters. The third-order valence-electron chi connectivity index (χ3n) is 2.90. The maximum atomic E-state index is 11.6. The van der Waals surface area contributed by atoms with Crippen LogP contribution in [0.15, 0.2) is 0 Å². The van der Waals surface area contributed by atoms with E-state index < -0.39 is 11.6 Å². The summed E-state index contributed by atoms with van der Waals surface area (Å²) in [6.07, 6.45) is 1.19. The molecule has 1 heterocycles. The molecular formula is C10H18N2O3S. The quantitative estimate of drug-likeness (QED) is 0.659. The lowest BCUT2D eigenvalue weighted by molar-refractivity contribution is -0.123. The highest BCUT2D eigenvalue weighted by Gasteiger charge is 2.30. The first-order chi connectivity index (χ1) is 7.50. The van der Waals surface area contributed by atoms with Gasteiger partial charge in [-0.05, 0) is 12.8 Å². The zero-order chi connectivity index (χ0) is 12.2. The normalized spacial score (nSPS) is 20.7. The summed E-state index contributed by atoms with van der Waals surface area (Å²) in [7, 11) is 0. The van der Waals surface area contributed by atoms with Gasteiger partial charge in [0.2, 0.25) is 5.91 Å². The summed E-state index contributed by atoms with van der Waals surface area (Å²) in [4.78, 5) is 22.5. The van der Waals surface area contributed by atoms with Crippen LogP contribution in [-0.4, -0.2) is 40.2 Å². The van der Waals surface area contributed by atoms with Crippen LogP contribution in [0.25, 0.3) is 0 Å². The van der Waals surface area contributed by atoms with Crippen molar-refractivity contribution in [1.82, 2.24) is 10.6 Å². The number of aliphatic hydroxyl groups is 1. The smallest absolute Gasteiger partial charge is 0.279 e. The predicted octanol–water partition coefficient (Wildman–Crippen LogP) is 0.479. The maximum absolute atomic E-state index is 11.6. The molecule has 1 rings (SSSR count). The Hall–Kier alpha value is -0.750. The van der Waals surface area contributed by atoms with Crippen LogP contribution in [0, 0.1) is 0 Å². The first-order valence-electron chi connectivity index (χ1n) is 5.44. The van der Waals surface area contributed by atoms with Crippen LogP contribution in [-0.2, 0) is 4.79 Å². The van der Waals surface area contributed by atoms with Crippen LogP contribution in [0.5, 0.6) is 0 Å². The number of nitrogens with one attached hydrogen (secondary N) is 2. The van der Waals surface area contributed by atoms with Crippen molar-refractivity contribution >= 4 is 22.9 Å². The van der Waals surface area contributed by atoms with E-state index in [4.69, 9.17) is 0 Å². The van der Waals surface area contributed by atoms with E-state index >= 15 is 0 Å². The Bertz CT molecular complexity index is 279. The lowest BCUT2D eigenvalue weighted by Gasteiger charge is -2.26. The van der Waals surface area contributed by atoms with Crippen molar-refractivity contribution in [2.24, 2.45) is 0 Å². The molecule has 2 amide bonds. The molecule has 92 valence electrons. The fraction of sp³-hybridized carbons (Fsp3) is 0.800. The van der Waals surface area contributed by atoms with Crippen molar-refractivity contribution < 1.29 is 14.7 Å². The molecule has 5 nitrogen and oxygen atoms in total. The lowest BCUT2D eigenvalue weighted by Crippen LogP contribution is -2.48. The minimum absolute atomic E-state index is 0.165. The Balaban J connectivity index is 2.37. The van der Waals surface area contributed by atoms with E-state index in [1.165, 1.54) is 0 Å². The molecular weight excluding hydrogens is 228 g/mol. The fourth-order valence-corrected chi connectivity index (χ4v) is 2.18. The van der Waals surface area contributed by atoms with Gasteiger partial charge in [-0.2, -0.15) is 0 Å². The van der Waals surface area contributed by atoms with Gasteiger partial charge >= 0.3 is 0 Å². The standard InChI is InChI=1S/C10H18N2O3S/c1-3-10(15,4-2)6-11-8(13)7-5-16-9(14)12-7/h7,15H,3-6H2,1-2H3,(H,11,13)(H,12,14). The highest BCUT2D eigenvalue weighted by molar-refractivity contribution is 8.14. The van der Waals surface area contributed by atoms with Gasteiger partial charge in [-0.1, -0.05) is 25.6 Å². The molecule has 1 unspecified atom stereocenters. The summed E-state index contributed by atoms with van der Waals surface area (Å²) < 4.78 is 0. The molecule has 1 aliphatic heterocycles. The molecule has 1 aliphatic rings. The van der Waals surface area contributed by atoms with Crippen molar-refractivity contribution in [2.75, 3.05) is 12.3 Å². The van der Waals surface area contributed by atoms with Gasteiger partial charge in [0.25, 0.3) is 5.24 Å². The van der Waals surface area contributed by atoms with Gasteiger partial charge in [0.05, 0.1) is 5.60 Å². The van der Waals surface area contributed by atoms with Crippen LogP contribution in [0.2, 0.25) is 0 Å². The monoisotopic (exact) mass is 246 g/mol. The van der Waals surface area contributed by atoms with Crippen molar-refractivity contribution in [2.45, 2.75) is 38.3 Å². The Morgan fingerprint density at radius 1 is 1.62 bits per heavy atom. The van der Waals surface area contributed by atoms with Gasteiger partial charge in [-0.3, -0.25) is 9.59 Å². The number of rotatable bonds is 5. The van der Waals surface area contributed by atoms with Gasteiger partial charge in [-0.15, -0.1) is 0 Å². The number of hydrogen-bond acceptors (Lipinski definition) is 4. The van der Waals surface area contributed by atoms with E-state index in [1.807, 2.05) is 13.8 Å². The number of hydrogen-bond donors (Lipinski definition) is 3. The van der Waals surface area contributed by atoms with E-state index in [0.717, 1.165) is 11.8 Å². The molecule has 0 radical (unpaired) electrons. The van der Waals surface area contributed by atoms with Gasteiger partial charge in [0.1, 0.15) is 6.04 Å². The van der Waals surface area contributed by atoms with Crippen LogP contribution in [0.1, 0.15) is 26.7 Å². The van der Waals surface area contributed by atoms with E-state index in [1.54, 1.807) is 0 Å². The number of carbonyl (C=O) groups is 2. The first kappa shape index (κ1) is 13.3. The van der Waals surface area contributed by atoms with Gasteiger partial charge in [0.15, 0.2) is 0 Å². The average Bonchev–Trinajstić information content (AvgIpc) is 2.72. The summed E-state index contributed by atoms with van der Waals surface area (Å²) in [6.45, 7) is 3.99. The summed E-state index contributed by atoms with van der Waals surface area (Å²) in [5.74, 6) is 0.236. The van der Waals surface area contributed by atoms with Crippen molar-refractivity contribution in [3.05, 3.63) is 0 Å². The second kappa shape index (κ2) is 5.54. The van der Waals surface area contributed by atoms with Crippen LogP contribution in [0.3, 0.4) is 0 Å². The number of carbonyl (C=O) groups excluding carboxylic acids is 2. The predicted molar refractivity (Wildman–Crippen MR) is 63.3 cm³/mol. The Morgan fingerprint density at radius 2 is 2.25 bits per heavy atom. The van der Waals surface area contributed by atoms with E-state index in [9.17, 15) is 14.7 Å². The zero-order valence-electron chi connectivity index (χ0n) is 9.58. The average molecular weight is 246 g/mol. The molecule has 3 N–H and O–H groups in total. The summed E-state index contributed by atoms with van der Waals surface area (Å²) in [5, 5.41) is 15.0. The third-order valence-corrected chi connectivity index (χ3v) is 3.78. The second-order valence-electron chi connectivity index (χ2n) is 3.94. The molecule has 0 saturated carbocycles. The molecule has 16 heavy (non-hydrogen) atoms. The number of thioether (sulfide) groups is 1. The molecule has 0 aliphatic carbocycles. The molecule has 0 spiro atoms. The Labute approximate surface area is 99.4 Å². The minimum Gasteiger partial charge on any atom is -0.388 e. The zero-order valence-corrected chi connectivity index (χ0v) is 10.4. The largest absolute Gasteiger partial charge is 0.388 e. The topological polar surface area (TPSA) is 78.4 Å². The first-order valence-corrected chi connectivity index (χ1v) is 6.42. The van der Waals surface area contributed by atoms with E-state index in [-0.39, 0.29) is 17.7 Å². The highest BCUT2D eigenvalue weighted by Crippen LogP contribution is 2.15. The van der Waals surface area contributed by atoms with E-state index in [2.05, 4.69) is 10.6 Å². The lowest BCUT2D eigenvalue weighted by atomic mass is 9.97. The second-order valence-corrected chi connectivity index (χ2v) is 4.94. The van der Waals surface area contributed by atoms with Crippen molar-refractivity contribution in [3.63, 3.8) is 0 Å². The molecule has 0 aromatic rings. The van der Waals surface area contributed by atoms with Crippen LogP contribution in [0.4, 0.5) is 4.79 Å². The van der Waals surface area contributed by atoms with Gasteiger partial charge < -0.3 is 15.7 Å². The molecule has 0 aromatic heterocycles. The molecule has 1 saturated heterocycles. The van der Waals surface area contributed by atoms with E-state index in [0.29, 0.717) is 18.6 Å². The van der Waals surface area contributed by atoms with Gasteiger partial charge in [-0.25, -0.2) is 0 Å². The van der Waals surface area contributed by atoms with Gasteiger partial charge in [0, 0.05) is 12.3 Å².